The molecule has 104 valence electrons. The SMILES string of the molecule is CC1CCCC1Cn1ccc(=O)nc1SCC(=O)O. The molecule has 0 radical (unpaired) electrons. The van der Waals surface area contributed by atoms with Gasteiger partial charge in [0.2, 0.25) is 0 Å². The number of thioether (sulfide) groups is 1. The summed E-state index contributed by atoms with van der Waals surface area (Å²) in [6, 6.07) is 1.43. The maximum absolute atomic E-state index is 11.3. The van der Waals surface area contributed by atoms with Crippen molar-refractivity contribution in [2.45, 2.75) is 37.9 Å². The lowest BCUT2D eigenvalue weighted by Gasteiger charge is -2.19. The van der Waals surface area contributed by atoms with Crippen LogP contribution in [0.4, 0.5) is 0 Å². The quantitative estimate of drug-likeness (QED) is 0.659. The molecule has 0 bridgehead atoms. The topological polar surface area (TPSA) is 72.2 Å². The van der Waals surface area contributed by atoms with Crippen LogP contribution in [0, 0.1) is 11.8 Å². The number of hydrogen-bond acceptors (Lipinski definition) is 4. The van der Waals surface area contributed by atoms with E-state index in [1.54, 1.807) is 6.20 Å². The maximum atomic E-state index is 11.3. The van der Waals surface area contributed by atoms with Crippen LogP contribution in [0.1, 0.15) is 26.2 Å². The summed E-state index contributed by atoms with van der Waals surface area (Å²) in [6.45, 7) is 3.06. The molecule has 1 aliphatic rings. The molecule has 5 nitrogen and oxygen atoms in total. The molecule has 6 heteroatoms. The molecule has 0 amide bonds. The van der Waals surface area contributed by atoms with E-state index >= 15 is 0 Å². The van der Waals surface area contributed by atoms with Gasteiger partial charge in [0, 0.05) is 18.8 Å². The third-order valence-corrected chi connectivity index (χ3v) is 4.62. The van der Waals surface area contributed by atoms with Gasteiger partial charge in [0.1, 0.15) is 0 Å². The number of carboxylic acids is 1. The first kappa shape index (κ1) is 14.1. The Morgan fingerprint density at radius 1 is 1.58 bits per heavy atom. The van der Waals surface area contributed by atoms with Gasteiger partial charge in [-0.3, -0.25) is 9.59 Å². The molecule has 2 rings (SSSR count). The summed E-state index contributed by atoms with van der Waals surface area (Å²) in [7, 11) is 0. The highest BCUT2D eigenvalue weighted by Crippen LogP contribution is 2.32. The normalized spacial score (nSPS) is 22.6. The van der Waals surface area contributed by atoms with E-state index in [0.29, 0.717) is 17.0 Å². The van der Waals surface area contributed by atoms with Crippen molar-refractivity contribution >= 4 is 17.7 Å². The number of aromatic nitrogens is 2. The molecule has 1 aliphatic carbocycles. The molecule has 19 heavy (non-hydrogen) atoms. The van der Waals surface area contributed by atoms with Crippen molar-refractivity contribution < 1.29 is 9.90 Å². The Morgan fingerprint density at radius 3 is 3.00 bits per heavy atom. The van der Waals surface area contributed by atoms with Gasteiger partial charge in [-0.25, -0.2) is 0 Å². The van der Waals surface area contributed by atoms with Gasteiger partial charge < -0.3 is 9.67 Å². The Balaban J connectivity index is 2.14. The highest BCUT2D eigenvalue weighted by atomic mass is 32.2. The first-order chi connectivity index (χ1) is 9.06. The number of rotatable bonds is 5. The Labute approximate surface area is 116 Å². The van der Waals surface area contributed by atoms with Gasteiger partial charge in [-0.2, -0.15) is 4.98 Å². The van der Waals surface area contributed by atoms with E-state index < -0.39 is 5.97 Å². The minimum atomic E-state index is -0.899. The molecule has 1 saturated carbocycles. The Morgan fingerprint density at radius 2 is 2.37 bits per heavy atom. The number of nitrogens with zero attached hydrogens (tertiary/aromatic N) is 2. The predicted molar refractivity (Wildman–Crippen MR) is 73.4 cm³/mol. The summed E-state index contributed by atoms with van der Waals surface area (Å²) in [6.07, 6.45) is 5.41. The van der Waals surface area contributed by atoms with Crippen molar-refractivity contribution in [2.75, 3.05) is 5.75 Å². The fourth-order valence-corrected chi connectivity index (χ4v) is 3.25. The van der Waals surface area contributed by atoms with Gasteiger partial charge in [0.25, 0.3) is 5.56 Å². The lowest BCUT2D eigenvalue weighted by atomic mass is 9.98. The summed E-state index contributed by atoms with van der Waals surface area (Å²) in [5.74, 6) is 0.297. The average Bonchev–Trinajstić information content (AvgIpc) is 2.75. The smallest absolute Gasteiger partial charge is 0.313 e. The zero-order chi connectivity index (χ0) is 13.8. The Kier molecular flexibility index (Phi) is 4.63. The van der Waals surface area contributed by atoms with Gasteiger partial charge in [-0.1, -0.05) is 31.5 Å². The van der Waals surface area contributed by atoms with E-state index in [4.69, 9.17) is 5.11 Å². The monoisotopic (exact) mass is 282 g/mol. The van der Waals surface area contributed by atoms with E-state index in [2.05, 4.69) is 11.9 Å². The molecule has 1 N–H and O–H groups in total. The summed E-state index contributed by atoms with van der Waals surface area (Å²) < 4.78 is 1.92. The van der Waals surface area contributed by atoms with Crippen LogP contribution in [0.15, 0.2) is 22.2 Å². The second-order valence-corrected chi connectivity index (χ2v) is 5.99. The van der Waals surface area contributed by atoms with E-state index in [9.17, 15) is 9.59 Å². The Hall–Kier alpha value is -1.30. The second kappa shape index (κ2) is 6.23. The molecule has 1 fully saturated rings. The van der Waals surface area contributed by atoms with E-state index in [-0.39, 0.29) is 11.3 Å². The van der Waals surface area contributed by atoms with Gasteiger partial charge in [0.05, 0.1) is 5.75 Å². The zero-order valence-electron chi connectivity index (χ0n) is 10.9. The van der Waals surface area contributed by atoms with E-state index in [0.717, 1.165) is 18.3 Å². The first-order valence-electron chi connectivity index (χ1n) is 6.48. The van der Waals surface area contributed by atoms with E-state index in [1.807, 2.05) is 4.57 Å². The lowest BCUT2D eigenvalue weighted by Crippen LogP contribution is -2.19. The molecular formula is C13H18N2O3S. The van der Waals surface area contributed by atoms with Crippen molar-refractivity contribution in [3.8, 4) is 0 Å². The van der Waals surface area contributed by atoms with Crippen molar-refractivity contribution in [3.63, 3.8) is 0 Å². The van der Waals surface area contributed by atoms with Crippen LogP contribution in [-0.4, -0.2) is 26.4 Å². The number of carbonyl (C=O) groups is 1. The summed E-state index contributed by atoms with van der Waals surface area (Å²) >= 11 is 1.11. The van der Waals surface area contributed by atoms with Gasteiger partial charge in [-0.05, 0) is 18.3 Å². The highest BCUT2D eigenvalue weighted by molar-refractivity contribution is 7.99. The van der Waals surface area contributed by atoms with Crippen LogP contribution < -0.4 is 5.56 Å². The van der Waals surface area contributed by atoms with Crippen molar-refractivity contribution in [1.82, 2.24) is 9.55 Å². The molecule has 0 aromatic carbocycles. The Bertz CT molecular complexity index is 515. The van der Waals surface area contributed by atoms with Crippen molar-refractivity contribution in [3.05, 3.63) is 22.6 Å². The van der Waals surface area contributed by atoms with Crippen LogP contribution in [0.3, 0.4) is 0 Å². The molecule has 2 atom stereocenters. The highest BCUT2D eigenvalue weighted by Gasteiger charge is 2.24. The molecule has 0 spiro atoms. The van der Waals surface area contributed by atoms with E-state index in [1.165, 1.54) is 25.3 Å². The summed E-state index contributed by atoms with van der Waals surface area (Å²) in [5, 5.41) is 9.23. The first-order valence-corrected chi connectivity index (χ1v) is 7.47. The third kappa shape index (κ3) is 3.83. The standard InChI is InChI=1S/C13H18N2O3S/c1-9-3-2-4-10(9)7-15-6-5-11(16)14-13(15)19-8-12(17)18/h5-6,9-10H,2-4,7-8H2,1H3,(H,17,18). The van der Waals surface area contributed by atoms with Crippen LogP contribution in [0.5, 0.6) is 0 Å². The van der Waals surface area contributed by atoms with Gasteiger partial charge in [0.15, 0.2) is 5.16 Å². The lowest BCUT2D eigenvalue weighted by molar-refractivity contribution is -0.133. The number of hydrogen-bond donors (Lipinski definition) is 1. The van der Waals surface area contributed by atoms with Crippen LogP contribution in [0.25, 0.3) is 0 Å². The second-order valence-electron chi connectivity index (χ2n) is 5.05. The summed E-state index contributed by atoms with van der Waals surface area (Å²) in [4.78, 5) is 25.9. The number of aliphatic carboxylic acids is 1. The molecule has 1 aromatic rings. The molecular weight excluding hydrogens is 264 g/mol. The molecule has 1 heterocycles. The minimum Gasteiger partial charge on any atom is -0.481 e. The predicted octanol–water partition coefficient (Wildman–Crippen LogP) is 1.86. The molecule has 0 aliphatic heterocycles. The van der Waals surface area contributed by atoms with Gasteiger partial charge >= 0.3 is 5.97 Å². The number of carboxylic acid groups (broad SMARTS) is 1. The fourth-order valence-electron chi connectivity index (χ4n) is 2.54. The van der Waals surface area contributed by atoms with Gasteiger partial charge in [-0.15, -0.1) is 0 Å². The van der Waals surface area contributed by atoms with Crippen LogP contribution in [0.2, 0.25) is 0 Å². The van der Waals surface area contributed by atoms with Crippen molar-refractivity contribution in [1.29, 1.82) is 0 Å². The third-order valence-electron chi connectivity index (χ3n) is 3.64. The van der Waals surface area contributed by atoms with Crippen LogP contribution >= 0.6 is 11.8 Å². The van der Waals surface area contributed by atoms with Crippen LogP contribution in [-0.2, 0) is 11.3 Å². The zero-order valence-corrected chi connectivity index (χ0v) is 11.7. The molecule has 1 aromatic heterocycles. The summed E-state index contributed by atoms with van der Waals surface area (Å²) in [5.41, 5.74) is -0.316. The fraction of sp³-hybridized carbons (Fsp3) is 0.615. The van der Waals surface area contributed by atoms with Crippen molar-refractivity contribution in [2.24, 2.45) is 11.8 Å². The molecule has 0 saturated heterocycles. The maximum Gasteiger partial charge on any atom is 0.313 e. The minimum absolute atomic E-state index is 0.0727. The average molecular weight is 282 g/mol. The largest absolute Gasteiger partial charge is 0.481 e. The molecule has 2 unspecified atom stereocenters.